The highest BCUT2D eigenvalue weighted by Crippen LogP contribution is 2.35. The highest BCUT2D eigenvalue weighted by molar-refractivity contribution is 7.10. The maximum atomic E-state index is 12.9. The van der Waals surface area contributed by atoms with Crippen molar-refractivity contribution in [2.24, 2.45) is 0 Å². The topological polar surface area (TPSA) is 36.7 Å². The van der Waals surface area contributed by atoms with E-state index in [0.29, 0.717) is 0 Å². The normalized spacial score (nSPS) is 11.3. The lowest BCUT2D eigenvalue weighted by Gasteiger charge is -2.19. The summed E-state index contributed by atoms with van der Waals surface area (Å²) in [5.41, 5.74) is 1.19. The molecular formula is C15H15FN2S. The quantitative estimate of drug-likeness (QED) is 0.821. The number of nitrogens with zero attached hydrogens (tertiary/aromatic N) is 2. The molecular weight excluding hydrogens is 259 g/mol. The fourth-order valence-electron chi connectivity index (χ4n) is 2.01. The van der Waals surface area contributed by atoms with E-state index >= 15 is 0 Å². The molecule has 0 aliphatic heterocycles. The third-order valence-corrected chi connectivity index (χ3v) is 4.52. The van der Waals surface area contributed by atoms with Gasteiger partial charge in [-0.3, -0.25) is 0 Å². The van der Waals surface area contributed by atoms with E-state index < -0.39 is 5.41 Å². The summed E-state index contributed by atoms with van der Waals surface area (Å²) in [4.78, 5) is 4.57. The molecule has 0 radical (unpaired) electrons. The number of nitriles is 1. The minimum atomic E-state index is -0.497. The third-order valence-electron chi connectivity index (χ3n) is 3.47. The zero-order valence-corrected chi connectivity index (χ0v) is 11.8. The molecule has 2 nitrogen and oxygen atoms in total. The van der Waals surface area contributed by atoms with E-state index in [1.54, 1.807) is 12.1 Å². The Hall–Kier alpha value is -1.73. The SMILES string of the molecule is CCC(C#N)(CC)c1nc(-c2ccc(F)cc2)cs1. The van der Waals surface area contributed by atoms with Crippen molar-refractivity contribution in [2.45, 2.75) is 32.1 Å². The third kappa shape index (κ3) is 2.52. The van der Waals surface area contributed by atoms with Crippen LogP contribution in [-0.2, 0) is 5.41 Å². The summed E-state index contributed by atoms with van der Waals surface area (Å²) in [6, 6.07) is 8.65. The summed E-state index contributed by atoms with van der Waals surface area (Å²) in [7, 11) is 0. The van der Waals surface area contributed by atoms with Gasteiger partial charge in [-0.25, -0.2) is 9.37 Å². The van der Waals surface area contributed by atoms with Gasteiger partial charge in [-0.05, 0) is 37.1 Å². The van der Waals surface area contributed by atoms with Gasteiger partial charge in [0.25, 0.3) is 0 Å². The summed E-state index contributed by atoms with van der Waals surface area (Å²) >= 11 is 1.50. The monoisotopic (exact) mass is 274 g/mol. The first kappa shape index (κ1) is 13.7. The van der Waals surface area contributed by atoms with Crippen molar-refractivity contribution in [1.82, 2.24) is 4.98 Å². The number of hydrogen-bond donors (Lipinski definition) is 0. The van der Waals surface area contributed by atoms with E-state index in [9.17, 15) is 9.65 Å². The molecule has 1 heterocycles. The van der Waals surface area contributed by atoms with Crippen LogP contribution in [-0.4, -0.2) is 4.98 Å². The van der Waals surface area contributed by atoms with Gasteiger partial charge < -0.3 is 0 Å². The van der Waals surface area contributed by atoms with Gasteiger partial charge in [0.1, 0.15) is 16.2 Å². The molecule has 0 spiro atoms. The first-order valence-electron chi connectivity index (χ1n) is 6.28. The minimum absolute atomic E-state index is 0.257. The zero-order valence-electron chi connectivity index (χ0n) is 11.0. The van der Waals surface area contributed by atoms with Crippen LogP contribution in [0.1, 0.15) is 31.7 Å². The van der Waals surface area contributed by atoms with Crippen LogP contribution in [0.3, 0.4) is 0 Å². The van der Waals surface area contributed by atoms with Crippen molar-refractivity contribution in [1.29, 1.82) is 5.26 Å². The molecule has 0 bridgehead atoms. The maximum absolute atomic E-state index is 12.9. The van der Waals surface area contributed by atoms with Crippen LogP contribution in [0.5, 0.6) is 0 Å². The van der Waals surface area contributed by atoms with Gasteiger partial charge in [0, 0.05) is 10.9 Å². The molecule has 2 aromatic rings. The van der Waals surface area contributed by atoms with E-state index in [4.69, 9.17) is 0 Å². The molecule has 0 N–H and O–H groups in total. The molecule has 19 heavy (non-hydrogen) atoms. The zero-order chi connectivity index (χ0) is 13.9. The predicted octanol–water partition coefficient (Wildman–Crippen LogP) is 4.53. The second-order valence-corrected chi connectivity index (χ2v) is 5.30. The van der Waals surface area contributed by atoms with Crippen molar-refractivity contribution in [3.05, 3.63) is 40.5 Å². The van der Waals surface area contributed by atoms with Gasteiger partial charge in [-0.15, -0.1) is 11.3 Å². The van der Waals surface area contributed by atoms with Crippen LogP contribution in [0.25, 0.3) is 11.3 Å². The lowest BCUT2D eigenvalue weighted by Crippen LogP contribution is -2.21. The maximum Gasteiger partial charge on any atom is 0.123 e. The number of benzene rings is 1. The fourth-order valence-corrected chi connectivity index (χ4v) is 3.13. The Morgan fingerprint density at radius 3 is 2.42 bits per heavy atom. The Labute approximate surface area is 116 Å². The first-order chi connectivity index (χ1) is 9.15. The van der Waals surface area contributed by atoms with Gasteiger partial charge in [0.15, 0.2) is 0 Å². The summed E-state index contributed by atoms with van der Waals surface area (Å²) in [5.74, 6) is -0.257. The van der Waals surface area contributed by atoms with Crippen molar-refractivity contribution in [3.8, 4) is 17.3 Å². The van der Waals surface area contributed by atoms with Crippen LogP contribution in [0.15, 0.2) is 29.6 Å². The number of rotatable bonds is 4. The molecule has 0 aliphatic rings. The van der Waals surface area contributed by atoms with Crippen molar-refractivity contribution in [3.63, 3.8) is 0 Å². The van der Waals surface area contributed by atoms with Crippen LogP contribution in [0, 0.1) is 17.1 Å². The molecule has 4 heteroatoms. The molecule has 1 aromatic carbocycles. The fraction of sp³-hybridized carbons (Fsp3) is 0.333. The average Bonchev–Trinajstić information content (AvgIpc) is 2.93. The smallest absolute Gasteiger partial charge is 0.123 e. The Kier molecular flexibility index (Phi) is 3.96. The minimum Gasteiger partial charge on any atom is -0.240 e. The van der Waals surface area contributed by atoms with E-state index in [2.05, 4.69) is 11.1 Å². The number of aromatic nitrogens is 1. The Balaban J connectivity index is 2.39. The van der Waals surface area contributed by atoms with Crippen LogP contribution in [0.4, 0.5) is 4.39 Å². The molecule has 0 amide bonds. The molecule has 2 rings (SSSR count). The summed E-state index contributed by atoms with van der Waals surface area (Å²) in [6.45, 7) is 4.01. The lowest BCUT2D eigenvalue weighted by molar-refractivity contribution is 0.508. The standard InChI is InChI=1S/C15H15FN2S/c1-3-15(4-2,10-17)14-18-13(9-19-14)11-5-7-12(16)8-6-11/h5-9H,3-4H2,1-2H3. The molecule has 0 saturated heterocycles. The molecule has 0 fully saturated rings. The number of halogens is 1. The molecule has 1 aromatic heterocycles. The van der Waals surface area contributed by atoms with Crippen molar-refractivity contribution < 1.29 is 4.39 Å². The first-order valence-corrected chi connectivity index (χ1v) is 7.16. The largest absolute Gasteiger partial charge is 0.240 e. The van der Waals surface area contributed by atoms with Crippen molar-refractivity contribution in [2.75, 3.05) is 0 Å². The van der Waals surface area contributed by atoms with Gasteiger partial charge in [-0.1, -0.05) is 13.8 Å². The van der Waals surface area contributed by atoms with E-state index in [-0.39, 0.29) is 5.82 Å². The Morgan fingerprint density at radius 2 is 1.89 bits per heavy atom. The summed E-state index contributed by atoms with van der Waals surface area (Å²) < 4.78 is 12.9. The Bertz CT molecular complexity index is 591. The molecule has 0 saturated carbocycles. The predicted molar refractivity (Wildman–Crippen MR) is 75.4 cm³/mol. The summed E-state index contributed by atoms with van der Waals surface area (Å²) in [6.07, 6.45) is 1.49. The van der Waals surface area contributed by atoms with E-state index in [1.807, 2.05) is 19.2 Å². The number of hydrogen-bond acceptors (Lipinski definition) is 3. The van der Waals surface area contributed by atoms with E-state index in [0.717, 1.165) is 29.1 Å². The second-order valence-electron chi connectivity index (χ2n) is 4.45. The molecule has 0 unspecified atom stereocenters. The highest BCUT2D eigenvalue weighted by Gasteiger charge is 2.31. The lowest BCUT2D eigenvalue weighted by atomic mass is 9.85. The summed E-state index contributed by atoms with van der Waals surface area (Å²) in [5, 5.41) is 12.2. The molecule has 0 atom stereocenters. The van der Waals surface area contributed by atoms with E-state index in [1.165, 1.54) is 23.5 Å². The van der Waals surface area contributed by atoms with Crippen molar-refractivity contribution >= 4 is 11.3 Å². The van der Waals surface area contributed by atoms with Crippen LogP contribution < -0.4 is 0 Å². The Morgan fingerprint density at radius 1 is 1.26 bits per heavy atom. The van der Waals surface area contributed by atoms with Gasteiger partial charge in [0.05, 0.1) is 11.8 Å². The molecule has 98 valence electrons. The second kappa shape index (κ2) is 5.50. The number of thiazole rings is 1. The van der Waals surface area contributed by atoms with Crippen LogP contribution in [0.2, 0.25) is 0 Å². The van der Waals surface area contributed by atoms with Crippen LogP contribution >= 0.6 is 11.3 Å². The highest BCUT2D eigenvalue weighted by atomic mass is 32.1. The van der Waals surface area contributed by atoms with Gasteiger partial charge in [0.2, 0.25) is 0 Å². The molecule has 0 aliphatic carbocycles. The van der Waals surface area contributed by atoms with Gasteiger partial charge in [-0.2, -0.15) is 5.26 Å². The van der Waals surface area contributed by atoms with Gasteiger partial charge >= 0.3 is 0 Å². The average molecular weight is 274 g/mol.